The van der Waals surface area contributed by atoms with Crippen molar-refractivity contribution in [2.45, 2.75) is 12.8 Å². The van der Waals surface area contributed by atoms with Gasteiger partial charge in [-0.1, -0.05) is 34.1 Å². The zero-order valence-corrected chi connectivity index (χ0v) is 14.5. The molecule has 0 aliphatic heterocycles. The van der Waals surface area contributed by atoms with Gasteiger partial charge in [-0.3, -0.25) is 4.98 Å². The molecule has 0 aliphatic rings. The molecular weight excluding hydrogens is 382 g/mol. The zero-order valence-electron chi connectivity index (χ0n) is 11.4. The molecule has 4 heteroatoms. The second-order valence-corrected chi connectivity index (χ2v) is 6.31. The van der Waals surface area contributed by atoms with Crippen molar-refractivity contribution >= 4 is 31.9 Å². The minimum atomic E-state index is 0.516. The van der Waals surface area contributed by atoms with Crippen LogP contribution in [0.1, 0.15) is 11.1 Å². The summed E-state index contributed by atoms with van der Waals surface area (Å²) in [7, 11) is 1.72. The summed E-state index contributed by atoms with van der Waals surface area (Å²) in [6.45, 7) is 0. The van der Waals surface area contributed by atoms with Crippen LogP contribution in [0.2, 0.25) is 0 Å². The lowest BCUT2D eigenvalue weighted by Gasteiger charge is -2.16. The number of para-hydroxylation sites is 1. The molecule has 2 aromatic rings. The van der Waals surface area contributed by atoms with E-state index in [1.807, 2.05) is 24.5 Å². The van der Waals surface area contributed by atoms with E-state index < -0.39 is 0 Å². The molecule has 1 atom stereocenters. The standard InChI is InChI=1S/C16H17Br2NO/c1-20-16-5-3-2-4-14(16)7-12(9-17)6-13-8-15(18)11-19-10-13/h2-5,8,10-12H,6-7,9H2,1H3. The second-order valence-electron chi connectivity index (χ2n) is 4.75. The number of pyridine rings is 1. The van der Waals surface area contributed by atoms with Crippen LogP contribution in [0.15, 0.2) is 47.2 Å². The number of rotatable bonds is 6. The molecule has 2 rings (SSSR count). The van der Waals surface area contributed by atoms with Crippen molar-refractivity contribution in [1.29, 1.82) is 0 Å². The molecule has 1 heterocycles. The van der Waals surface area contributed by atoms with Gasteiger partial charge in [0.2, 0.25) is 0 Å². The lowest BCUT2D eigenvalue weighted by atomic mass is 9.94. The fourth-order valence-corrected chi connectivity index (χ4v) is 3.13. The van der Waals surface area contributed by atoms with E-state index in [9.17, 15) is 0 Å². The van der Waals surface area contributed by atoms with Crippen molar-refractivity contribution in [1.82, 2.24) is 4.98 Å². The van der Waals surface area contributed by atoms with Crippen LogP contribution >= 0.6 is 31.9 Å². The fraction of sp³-hybridized carbons (Fsp3) is 0.312. The van der Waals surface area contributed by atoms with Crippen molar-refractivity contribution in [3.63, 3.8) is 0 Å². The first kappa shape index (κ1) is 15.5. The van der Waals surface area contributed by atoms with E-state index in [0.29, 0.717) is 5.92 Å². The normalized spacial score (nSPS) is 12.2. The quantitative estimate of drug-likeness (QED) is 0.660. The number of hydrogen-bond acceptors (Lipinski definition) is 2. The van der Waals surface area contributed by atoms with Crippen LogP contribution in [-0.2, 0) is 12.8 Å². The number of ether oxygens (including phenoxy) is 1. The van der Waals surface area contributed by atoms with Gasteiger partial charge in [0.1, 0.15) is 5.75 Å². The SMILES string of the molecule is COc1ccccc1CC(CBr)Cc1cncc(Br)c1. The zero-order chi connectivity index (χ0) is 14.4. The van der Waals surface area contributed by atoms with Crippen LogP contribution in [0.4, 0.5) is 0 Å². The van der Waals surface area contributed by atoms with Crippen LogP contribution in [0.5, 0.6) is 5.75 Å². The van der Waals surface area contributed by atoms with E-state index in [0.717, 1.165) is 28.4 Å². The fourth-order valence-electron chi connectivity index (χ4n) is 2.26. The molecule has 0 aliphatic carbocycles. The van der Waals surface area contributed by atoms with E-state index in [1.54, 1.807) is 7.11 Å². The monoisotopic (exact) mass is 397 g/mol. The minimum absolute atomic E-state index is 0.516. The number of methoxy groups -OCH3 is 1. The summed E-state index contributed by atoms with van der Waals surface area (Å²) in [5.74, 6) is 1.48. The van der Waals surface area contributed by atoms with Gasteiger partial charge in [-0.25, -0.2) is 0 Å². The number of hydrogen-bond donors (Lipinski definition) is 0. The van der Waals surface area contributed by atoms with Crippen LogP contribution in [0.3, 0.4) is 0 Å². The van der Waals surface area contributed by atoms with Crippen molar-refractivity contribution in [3.05, 3.63) is 58.3 Å². The van der Waals surface area contributed by atoms with Gasteiger partial charge in [-0.2, -0.15) is 0 Å². The predicted molar refractivity (Wildman–Crippen MR) is 89.6 cm³/mol. The molecule has 0 radical (unpaired) electrons. The van der Waals surface area contributed by atoms with E-state index >= 15 is 0 Å². The predicted octanol–water partition coefficient (Wildman–Crippen LogP) is 4.65. The first-order valence-electron chi connectivity index (χ1n) is 6.50. The number of aromatic nitrogens is 1. The summed E-state index contributed by atoms with van der Waals surface area (Å²) < 4.78 is 6.45. The Bertz CT molecular complexity index is 560. The summed E-state index contributed by atoms with van der Waals surface area (Å²) in [6, 6.07) is 10.3. The molecule has 0 fully saturated rings. The summed E-state index contributed by atoms with van der Waals surface area (Å²) >= 11 is 7.09. The van der Waals surface area contributed by atoms with E-state index in [4.69, 9.17) is 4.74 Å². The summed E-state index contributed by atoms with van der Waals surface area (Å²) in [6.07, 6.45) is 5.73. The summed E-state index contributed by atoms with van der Waals surface area (Å²) in [5.41, 5.74) is 2.50. The van der Waals surface area contributed by atoms with Crippen molar-refractivity contribution < 1.29 is 4.74 Å². The molecule has 1 aromatic carbocycles. The Balaban J connectivity index is 2.09. The lowest BCUT2D eigenvalue weighted by Crippen LogP contribution is -2.11. The van der Waals surface area contributed by atoms with Crippen LogP contribution < -0.4 is 4.74 Å². The van der Waals surface area contributed by atoms with Gasteiger partial charge < -0.3 is 4.74 Å². The Labute approximate surface area is 136 Å². The molecule has 2 nitrogen and oxygen atoms in total. The third-order valence-corrected chi connectivity index (χ3v) is 4.55. The van der Waals surface area contributed by atoms with Crippen LogP contribution in [0.25, 0.3) is 0 Å². The number of halogens is 2. The number of benzene rings is 1. The molecular formula is C16H17Br2NO. The molecule has 1 aromatic heterocycles. The van der Waals surface area contributed by atoms with E-state index in [2.05, 4.69) is 55.0 Å². The second kappa shape index (κ2) is 7.79. The average molecular weight is 399 g/mol. The third-order valence-electron chi connectivity index (χ3n) is 3.21. The Hall–Kier alpha value is -0.870. The Kier molecular flexibility index (Phi) is 6.05. The highest BCUT2D eigenvalue weighted by molar-refractivity contribution is 9.10. The molecule has 1 unspecified atom stereocenters. The molecule has 0 N–H and O–H groups in total. The third kappa shape index (κ3) is 4.32. The van der Waals surface area contributed by atoms with Crippen molar-refractivity contribution in [2.75, 3.05) is 12.4 Å². The average Bonchev–Trinajstić information content (AvgIpc) is 2.47. The molecule has 0 amide bonds. The van der Waals surface area contributed by atoms with Crippen LogP contribution in [0, 0.1) is 5.92 Å². The molecule has 0 saturated carbocycles. The van der Waals surface area contributed by atoms with Gasteiger partial charge in [0.05, 0.1) is 7.11 Å². The van der Waals surface area contributed by atoms with E-state index in [-0.39, 0.29) is 0 Å². The van der Waals surface area contributed by atoms with Crippen molar-refractivity contribution in [2.24, 2.45) is 5.92 Å². The molecule has 106 valence electrons. The minimum Gasteiger partial charge on any atom is -0.496 e. The maximum absolute atomic E-state index is 5.42. The highest BCUT2D eigenvalue weighted by Crippen LogP contribution is 2.24. The topological polar surface area (TPSA) is 22.1 Å². The molecule has 0 bridgehead atoms. The smallest absolute Gasteiger partial charge is 0.122 e. The maximum atomic E-state index is 5.42. The van der Waals surface area contributed by atoms with Crippen molar-refractivity contribution in [3.8, 4) is 5.75 Å². The summed E-state index contributed by atoms with van der Waals surface area (Å²) in [4.78, 5) is 4.23. The first-order valence-corrected chi connectivity index (χ1v) is 8.41. The van der Waals surface area contributed by atoms with Gasteiger partial charge in [0, 0.05) is 22.2 Å². The largest absolute Gasteiger partial charge is 0.496 e. The lowest BCUT2D eigenvalue weighted by molar-refractivity contribution is 0.406. The Morgan fingerprint density at radius 2 is 2.00 bits per heavy atom. The Morgan fingerprint density at radius 1 is 1.20 bits per heavy atom. The maximum Gasteiger partial charge on any atom is 0.122 e. The highest BCUT2D eigenvalue weighted by atomic mass is 79.9. The number of nitrogens with zero attached hydrogens (tertiary/aromatic N) is 1. The summed E-state index contributed by atoms with van der Waals surface area (Å²) in [5, 5.41) is 0.956. The number of alkyl halides is 1. The van der Waals surface area contributed by atoms with Gasteiger partial charge in [-0.15, -0.1) is 0 Å². The van der Waals surface area contributed by atoms with Crippen LogP contribution in [-0.4, -0.2) is 17.4 Å². The van der Waals surface area contributed by atoms with Gasteiger partial charge in [-0.05, 0) is 57.9 Å². The molecule has 0 spiro atoms. The van der Waals surface area contributed by atoms with Gasteiger partial charge in [0.25, 0.3) is 0 Å². The van der Waals surface area contributed by atoms with Gasteiger partial charge in [0.15, 0.2) is 0 Å². The molecule has 20 heavy (non-hydrogen) atoms. The molecule has 0 saturated heterocycles. The highest BCUT2D eigenvalue weighted by Gasteiger charge is 2.12. The first-order chi connectivity index (χ1) is 9.72. The van der Waals surface area contributed by atoms with Gasteiger partial charge >= 0.3 is 0 Å². The Morgan fingerprint density at radius 3 is 2.70 bits per heavy atom. The van der Waals surface area contributed by atoms with E-state index in [1.165, 1.54) is 11.1 Å².